The van der Waals surface area contributed by atoms with Gasteiger partial charge >= 0.3 is 0 Å². The Bertz CT molecular complexity index is 214. The van der Waals surface area contributed by atoms with Gasteiger partial charge < -0.3 is 0 Å². The van der Waals surface area contributed by atoms with Crippen LogP contribution in [0, 0.1) is 0 Å². The average Bonchev–Trinajstić information content (AvgIpc) is 2.07. The summed E-state index contributed by atoms with van der Waals surface area (Å²) in [6.45, 7) is 2.91. The fourth-order valence-electron chi connectivity index (χ4n) is 0.882. The predicted molar refractivity (Wildman–Crippen MR) is 48.9 cm³/mol. The molecule has 0 radical (unpaired) electrons. The summed E-state index contributed by atoms with van der Waals surface area (Å²) in [5.74, 6) is 0. The normalized spacial score (nSPS) is 10.6. The van der Waals surface area contributed by atoms with Gasteiger partial charge in [-0.25, -0.2) is 0 Å². The van der Waals surface area contributed by atoms with Gasteiger partial charge in [-0.1, -0.05) is 37.3 Å². The molecule has 0 aliphatic rings. The molecule has 1 aromatic carbocycles. The summed E-state index contributed by atoms with van der Waals surface area (Å²) < 4.78 is 0. The lowest BCUT2D eigenvalue weighted by molar-refractivity contribution is 1.06. The van der Waals surface area contributed by atoms with Gasteiger partial charge in [0, 0.05) is 0 Å². The van der Waals surface area contributed by atoms with Gasteiger partial charge in [0.1, 0.15) is 0 Å². The molecule has 0 atom stereocenters. The van der Waals surface area contributed by atoms with E-state index in [1.54, 1.807) is 0 Å². The van der Waals surface area contributed by atoms with Crippen molar-refractivity contribution >= 4 is 6.21 Å². The van der Waals surface area contributed by atoms with E-state index in [1.165, 1.54) is 5.56 Å². The lowest BCUT2D eigenvalue weighted by Crippen LogP contribution is -1.79. The maximum Gasteiger partial charge on any atom is 0.0635 e. The third kappa shape index (κ3) is 2.99. The lowest BCUT2D eigenvalue weighted by Gasteiger charge is -1.92. The maximum atomic E-state index is 4.24. The van der Waals surface area contributed by atoms with Crippen LogP contribution in [-0.4, -0.2) is 6.21 Å². The highest BCUT2D eigenvalue weighted by Gasteiger charge is 1.84. The van der Waals surface area contributed by atoms with E-state index in [-0.39, 0.29) is 0 Å². The van der Waals surface area contributed by atoms with Crippen LogP contribution in [0.2, 0.25) is 0 Å². The van der Waals surface area contributed by atoms with Crippen molar-refractivity contribution in [3.8, 4) is 0 Å². The summed E-state index contributed by atoms with van der Waals surface area (Å²) in [4.78, 5) is 4.24. The van der Waals surface area contributed by atoms with E-state index in [4.69, 9.17) is 0 Å². The number of aliphatic imine (C=N–C) groups is 1. The minimum absolute atomic E-state index is 0.814. The smallest absolute Gasteiger partial charge is 0.0635 e. The molecule has 1 nitrogen and oxygen atoms in total. The molecule has 0 bridgehead atoms. The number of nitrogens with zero attached hydrogens (tertiary/aromatic N) is 1. The molecular weight excluding hydrogens is 134 g/mol. The number of hydrogen-bond donors (Lipinski definition) is 0. The highest BCUT2D eigenvalue weighted by atomic mass is 14.7. The average molecular weight is 147 g/mol. The van der Waals surface area contributed by atoms with Crippen molar-refractivity contribution in [2.75, 3.05) is 0 Å². The summed E-state index contributed by atoms with van der Waals surface area (Å²) in [6, 6.07) is 10.3. The number of benzene rings is 1. The Morgan fingerprint density at radius 3 is 2.64 bits per heavy atom. The van der Waals surface area contributed by atoms with E-state index >= 15 is 0 Å². The molecule has 0 unspecified atom stereocenters. The van der Waals surface area contributed by atoms with Gasteiger partial charge in [-0.3, -0.25) is 4.99 Å². The third-order valence-electron chi connectivity index (χ3n) is 1.43. The Morgan fingerprint density at radius 1 is 1.27 bits per heavy atom. The molecule has 0 fully saturated rings. The molecule has 0 aliphatic heterocycles. The molecule has 1 heteroatoms. The molecule has 0 aliphatic carbocycles. The Morgan fingerprint density at radius 2 is 2.00 bits per heavy atom. The van der Waals surface area contributed by atoms with Gasteiger partial charge in [0.2, 0.25) is 0 Å². The van der Waals surface area contributed by atoms with Crippen molar-refractivity contribution in [2.45, 2.75) is 19.9 Å². The molecule has 0 heterocycles. The summed E-state index contributed by atoms with van der Waals surface area (Å²) in [6.07, 6.45) is 2.97. The molecule has 0 N–H and O–H groups in total. The summed E-state index contributed by atoms with van der Waals surface area (Å²) >= 11 is 0. The fourth-order valence-corrected chi connectivity index (χ4v) is 0.882. The highest BCUT2D eigenvalue weighted by molar-refractivity contribution is 5.56. The van der Waals surface area contributed by atoms with Crippen LogP contribution in [0.4, 0.5) is 0 Å². The van der Waals surface area contributed by atoms with Crippen LogP contribution in [0.5, 0.6) is 0 Å². The van der Waals surface area contributed by atoms with Crippen molar-refractivity contribution in [3.05, 3.63) is 35.9 Å². The molecule has 0 saturated heterocycles. The third-order valence-corrected chi connectivity index (χ3v) is 1.43. The minimum atomic E-state index is 0.814. The van der Waals surface area contributed by atoms with Crippen LogP contribution in [0.1, 0.15) is 18.9 Å². The van der Waals surface area contributed by atoms with Gasteiger partial charge in [-0.05, 0) is 18.2 Å². The zero-order chi connectivity index (χ0) is 7.94. The fraction of sp³-hybridized carbons (Fsp3) is 0.300. The van der Waals surface area contributed by atoms with Crippen molar-refractivity contribution in [1.82, 2.24) is 0 Å². The largest absolute Gasteiger partial charge is 0.293 e. The molecular formula is C10H13N. The van der Waals surface area contributed by atoms with E-state index in [1.807, 2.05) is 24.4 Å². The van der Waals surface area contributed by atoms with Crippen LogP contribution < -0.4 is 0 Å². The second-order valence-corrected chi connectivity index (χ2v) is 2.42. The van der Waals surface area contributed by atoms with Crippen molar-refractivity contribution in [3.63, 3.8) is 0 Å². The summed E-state index contributed by atoms with van der Waals surface area (Å²) in [7, 11) is 0. The minimum Gasteiger partial charge on any atom is -0.293 e. The topological polar surface area (TPSA) is 12.4 Å². The first-order valence-electron chi connectivity index (χ1n) is 3.95. The van der Waals surface area contributed by atoms with Crippen LogP contribution in [0.25, 0.3) is 0 Å². The number of rotatable bonds is 3. The summed E-state index contributed by atoms with van der Waals surface area (Å²) in [5, 5.41) is 0. The van der Waals surface area contributed by atoms with Crippen LogP contribution in [0.15, 0.2) is 35.3 Å². The zero-order valence-electron chi connectivity index (χ0n) is 6.83. The molecule has 0 aromatic heterocycles. The zero-order valence-corrected chi connectivity index (χ0v) is 6.83. The molecule has 58 valence electrons. The van der Waals surface area contributed by atoms with Gasteiger partial charge in [-0.2, -0.15) is 0 Å². The molecule has 1 rings (SSSR count). The lowest BCUT2D eigenvalue weighted by atomic mass is 10.2. The van der Waals surface area contributed by atoms with Gasteiger partial charge in [-0.15, -0.1) is 0 Å². The molecule has 11 heavy (non-hydrogen) atoms. The van der Waals surface area contributed by atoms with E-state index < -0.39 is 0 Å². The Labute approximate surface area is 67.8 Å². The summed E-state index contributed by atoms with van der Waals surface area (Å²) in [5.41, 5.74) is 1.28. The monoisotopic (exact) mass is 147 g/mol. The van der Waals surface area contributed by atoms with Gasteiger partial charge in [0.15, 0.2) is 0 Å². The van der Waals surface area contributed by atoms with Crippen LogP contribution >= 0.6 is 0 Å². The molecule has 1 aromatic rings. The first-order chi connectivity index (χ1) is 5.43. The predicted octanol–water partition coefficient (Wildman–Crippen LogP) is 2.67. The number of hydrogen-bond acceptors (Lipinski definition) is 1. The molecule has 0 amide bonds. The van der Waals surface area contributed by atoms with E-state index in [2.05, 4.69) is 24.0 Å². The highest BCUT2D eigenvalue weighted by Crippen LogP contribution is 1.99. The van der Waals surface area contributed by atoms with E-state index in [0.717, 1.165) is 13.0 Å². The Hall–Kier alpha value is -1.11. The standard InChI is InChI=1S/C10H13N/c1-2-8-11-9-10-6-4-3-5-7-10/h3-8H,2,9H2,1H3. The molecule has 0 saturated carbocycles. The van der Waals surface area contributed by atoms with Gasteiger partial charge in [0.25, 0.3) is 0 Å². The van der Waals surface area contributed by atoms with Crippen molar-refractivity contribution in [1.29, 1.82) is 0 Å². The second-order valence-electron chi connectivity index (χ2n) is 2.42. The van der Waals surface area contributed by atoms with Crippen LogP contribution in [0.3, 0.4) is 0 Å². The van der Waals surface area contributed by atoms with Crippen molar-refractivity contribution in [2.24, 2.45) is 4.99 Å². The van der Waals surface area contributed by atoms with Crippen molar-refractivity contribution < 1.29 is 0 Å². The van der Waals surface area contributed by atoms with E-state index in [0.29, 0.717) is 0 Å². The second kappa shape index (κ2) is 4.67. The van der Waals surface area contributed by atoms with E-state index in [9.17, 15) is 0 Å². The SMILES string of the molecule is CCC=NCc1ccccc1. The first-order valence-corrected chi connectivity index (χ1v) is 3.95. The Balaban J connectivity index is 2.45. The molecule has 0 spiro atoms. The van der Waals surface area contributed by atoms with Crippen LogP contribution in [-0.2, 0) is 6.54 Å². The first kappa shape index (κ1) is 7.99. The maximum absolute atomic E-state index is 4.24. The Kier molecular flexibility index (Phi) is 3.39. The quantitative estimate of drug-likeness (QED) is 0.583. The van der Waals surface area contributed by atoms with Gasteiger partial charge in [0.05, 0.1) is 6.54 Å².